The minimum absolute atomic E-state index is 0.0449. The number of nitrogens with two attached hydrogens (primary N) is 3. The zero-order valence-corrected chi connectivity index (χ0v) is 25.2. The fourth-order valence-electron chi connectivity index (χ4n) is 6.42. The van der Waals surface area contributed by atoms with Crippen LogP contribution < -0.4 is 27.3 Å². The van der Waals surface area contributed by atoms with Gasteiger partial charge in [-0.25, -0.2) is 0 Å². The molecule has 0 radical (unpaired) electrons. The minimum Gasteiger partial charge on any atom is -0.457 e. The number of benzene rings is 3. The van der Waals surface area contributed by atoms with Gasteiger partial charge in [0.2, 0.25) is 5.91 Å². The van der Waals surface area contributed by atoms with Gasteiger partial charge < -0.3 is 37.3 Å². The summed E-state index contributed by atoms with van der Waals surface area (Å²) in [5.74, 6) is 0.332. The van der Waals surface area contributed by atoms with E-state index < -0.39 is 17.4 Å². The Labute approximate surface area is 258 Å². The lowest BCUT2D eigenvalue weighted by Crippen LogP contribution is -2.53. The average molecular weight is 614 g/mol. The zero-order valence-electron chi connectivity index (χ0n) is 24.3. The topological polar surface area (TPSA) is 174 Å². The van der Waals surface area contributed by atoms with Crippen molar-refractivity contribution >= 4 is 44.7 Å². The number of para-hydroxylation sites is 1. The Kier molecular flexibility index (Phi) is 7.89. The second-order valence-corrected chi connectivity index (χ2v) is 12.4. The van der Waals surface area contributed by atoms with Crippen LogP contribution in [0.25, 0.3) is 10.1 Å². The van der Waals surface area contributed by atoms with Crippen molar-refractivity contribution in [3.8, 4) is 11.5 Å². The van der Waals surface area contributed by atoms with Crippen LogP contribution in [-0.2, 0) is 15.1 Å². The number of ether oxygens (including phenoxy) is 1. The number of amides is 2. The first-order chi connectivity index (χ1) is 21.1. The number of hydrogen-bond donors (Lipinski definition) is 5. The molecule has 44 heavy (non-hydrogen) atoms. The van der Waals surface area contributed by atoms with Crippen LogP contribution >= 0.6 is 11.3 Å². The van der Waals surface area contributed by atoms with Gasteiger partial charge in [-0.3, -0.25) is 14.4 Å². The third kappa shape index (κ3) is 5.01. The molecule has 6 rings (SSSR count). The molecule has 8 N–H and O–H groups in total. The van der Waals surface area contributed by atoms with Crippen LogP contribution in [0.5, 0.6) is 11.5 Å². The molecule has 3 unspecified atom stereocenters. The third-order valence-electron chi connectivity index (χ3n) is 8.56. The molecule has 0 bridgehead atoms. The van der Waals surface area contributed by atoms with E-state index in [0.29, 0.717) is 68.4 Å². The van der Waals surface area contributed by atoms with E-state index in [9.17, 15) is 14.4 Å². The van der Waals surface area contributed by atoms with E-state index in [4.69, 9.17) is 27.0 Å². The van der Waals surface area contributed by atoms with Gasteiger partial charge in [0.15, 0.2) is 5.78 Å². The molecular formula is C33H35N5O5S. The number of carbonyl (C=O) groups is 3. The van der Waals surface area contributed by atoms with E-state index >= 15 is 0 Å². The Hall–Kier alpha value is -4.29. The van der Waals surface area contributed by atoms with Crippen LogP contribution in [0.2, 0.25) is 0 Å². The number of anilines is 1. The van der Waals surface area contributed by atoms with Gasteiger partial charge in [0, 0.05) is 42.2 Å². The molecule has 1 fully saturated rings. The predicted octanol–water partition coefficient (Wildman–Crippen LogP) is 3.47. The maximum atomic E-state index is 14.2. The summed E-state index contributed by atoms with van der Waals surface area (Å²) in [5, 5.41) is 12.8. The molecule has 1 saturated heterocycles. The molecule has 4 aromatic rings. The van der Waals surface area contributed by atoms with Gasteiger partial charge in [0.25, 0.3) is 5.91 Å². The fraction of sp³-hybridized carbons (Fsp3) is 0.303. The number of piperidine rings is 1. The molecule has 0 saturated carbocycles. The first kappa shape index (κ1) is 29.8. The quantitative estimate of drug-likeness (QED) is 0.197. The van der Waals surface area contributed by atoms with Gasteiger partial charge >= 0.3 is 0 Å². The summed E-state index contributed by atoms with van der Waals surface area (Å²) in [6.45, 7) is 2.57. The van der Waals surface area contributed by atoms with Gasteiger partial charge in [0.05, 0.1) is 22.2 Å². The number of likely N-dealkylation sites (tertiary alicyclic amines) is 1. The molecule has 1 aromatic heterocycles. The van der Waals surface area contributed by atoms with Gasteiger partial charge in [-0.1, -0.05) is 30.3 Å². The summed E-state index contributed by atoms with van der Waals surface area (Å²) < 4.78 is 6.64. The van der Waals surface area contributed by atoms with E-state index in [1.165, 1.54) is 11.3 Å². The molecule has 3 aromatic carbocycles. The third-order valence-corrected chi connectivity index (χ3v) is 9.81. The highest BCUT2D eigenvalue weighted by Crippen LogP contribution is 2.50. The number of hydrogen-bond acceptors (Lipinski definition) is 9. The van der Waals surface area contributed by atoms with Crippen molar-refractivity contribution in [3.63, 3.8) is 0 Å². The van der Waals surface area contributed by atoms with Crippen LogP contribution in [0.15, 0.2) is 60.7 Å². The van der Waals surface area contributed by atoms with Crippen LogP contribution in [0.1, 0.15) is 57.2 Å². The number of nitrogens with zero attached hydrogens (tertiary/aromatic N) is 1. The Morgan fingerprint density at radius 1 is 1.11 bits per heavy atom. The van der Waals surface area contributed by atoms with Crippen molar-refractivity contribution < 1.29 is 24.2 Å². The molecule has 1 aliphatic carbocycles. The summed E-state index contributed by atoms with van der Waals surface area (Å²) in [6, 6.07) is 16.8. The molecule has 3 atom stereocenters. The van der Waals surface area contributed by atoms with E-state index in [1.807, 2.05) is 43.3 Å². The average Bonchev–Trinajstić information content (AvgIpc) is 3.42. The lowest BCUT2D eigenvalue weighted by molar-refractivity contribution is -0.133. The van der Waals surface area contributed by atoms with Crippen molar-refractivity contribution in [2.24, 2.45) is 11.5 Å². The SMILES string of the molecule is Cc1cc(Oc2ccccc2)ccc1C1(N)C(=O)C(N)c2c(C(=O)NC3CCCN(C(=O)CCO)C3)sc3c(N)ccc1c23. The molecule has 2 aliphatic rings. The number of aliphatic hydroxyl groups is 1. The molecule has 2 amide bonds. The molecule has 228 valence electrons. The summed E-state index contributed by atoms with van der Waals surface area (Å²) >= 11 is 1.19. The minimum atomic E-state index is -1.58. The number of nitrogens with one attached hydrogen (secondary N) is 1. The van der Waals surface area contributed by atoms with E-state index in [0.717, 1.165) is 12.0 Å². The molecule has 11 heteroatoms. The Bertz CT molecular complexity index is 1770. The van der Waals surface area contributed by atoms with E-state index in [2.05, 4.69) is 5.32 Å². The largest absolute Gasteiger partial charge is 0.457 e. The molecule has 1 aliphatic heterocycles. The van der Waals surface area contributed by atoms with Crippen LogP contribution in [0, 0.1) is 6.92 Å². The van der Waals surface area contributed by atoms with Crippen LogP contribution in [0.4, 0.5) is 5.69 Å². The van der Waals surface area contributed by atoms with Gasteiger partial charge in [0.1, 0.15) is 17.0 Å². The maximum Gasteiger partial charge on any atom is 0.262 e. The van der Waals surface area contributed by atoms with Crippen molar-refractivity contribution in [1.82, 2.24) is 10.2 Å². The molecule has 2 heterocycles. The van der Waals surface area contributed by atoms with Gasteiger partial charge in [-0.15, -0.1) is 11.3 Å². The normalized spacial score (nSPS) is 21.4. The standard InChI is InChI=1S/C33H35N5O5S/c1-18-16-21(43-20-7-3-2-4-8-20)9-10-22(18)33(36)23-11-12-24(34)29-26(23)27(28(35)31(33)41)30(44-29)32(42)37-19-6-5-14-38(17-19)25(40)13-15-39/h2-4,7-12,16,19,28,39H,5-6,13-15,17,34-36H2,1H3,(H,37,42). The lowest BCUT2D eigenvalue weighted by atomic mass is 9.69. The van der Waals surface area contributed by atoms with Crippen molar-refractivity contribution in [1.29, 1.82) is 0 Å². The van der Waals surface area contributed by atoms with Crippen molar-refractivity contribution in [2.75, 3.05) is 25.4 Å². The second-order valence-electron chi connectivity index (χ2n) is 11.4. The predicted molar refractivity (Wildman–Crippen MR) is 170 cm³/mol. The Balaban J connectivity index is 1.37. The summed E-state index contributed by atoms with van der Waals surface area (Å²) in [5.41, 5.74) is 21.3. The van der Waals surface area contributed by atoms with Crippen molar-refractivity contribution in [2.45, 2.75) is 43.8 Å². The van der Waals surface area contributed by atoms with E-state index in [-0.39, 0.29) is 30.9 Å². The summed E-state index contributed by atoms with van der Waals surface area (Å²) in [7, 11) is 0. The summed E-state index contributed by atoms with van der Waals surface area (Å²) in [6.07, 6.45) is 1.46. The lowest BCUT2D eigenvalue weighted by Gasteiger charge is -2.37. The number of rotatable bonds is 7. The van der Waals surface area contributed by atoms with E-state index in [1.54, 1.807) is 29.2 Å². The van der Waals surface area contributed by atoms with Crippen LogP contribution in [0.3, 0.4) is 0 Å². The smallest absolute Gasteiger partial charge is 0.262 e. The number of aliphatic hydroxyl groups excluding tert-OH is 1. The van der Waals surface area contributed by atoms with Crippen LogP contribution in [-0.4, -0.2) is 53.3 Å². The number of aryl methyl sites for hydroxylation is 1. The number of thiophene rings is 1. The van der Waals surface area contributed by atoms with Gasteiger partial charge in [-0.05, 0) is 66.8 Å². The number of carbonyl (C=O) groups excluding carboxylic acids is 3. The Morgan fingerprint density at radius 3 is 2.59 bits per heavy atom. The molecule has 10 nitrogen and oxygen atoms in total. The fourth-order valence-corrected chi connectivity index (χ4v) is 7.62. The highest BCUT2D eigenvalue weighted by molar-refractivity contribution is 7.21. The second kappa shape index (κ2) is 11.7. The number of Topliss-reactive ketones (excluding diaryl/α,β-unsaturated/α-hetero) is 1. The molecular weight excluding hydrogens is 578 g/mol. The Morgan fingerprint density at radius 2 is 1.86 bits per heavy atom. The zero-order chi connectivity index (χ0) is 31.2. The highest BCUT2D eigenvalue weighted by atomic mass is 32.1. The number of nitrogen functional groups attached to an aromatic ring is 1. The monoisotopic (exact) mass is 613 g/mol. The first-order valence-corrected chi connectivity index (χ1v) is 15.4. The summed E-state index contributed by atoms with van der Waals surface area (Å²) in [4.78, 5) is 42.3. The van der Waals surface area contributed by atoms with Gasteiger partial charge in [-0.2, -0.15) is 0 Å². The maximum absolute atomic E-state index is 14.2. The molecule has 0 spiro atoms. The first-order valence-electron chi connectivity index (χ1n) is 14.6. The van der Waals surface area contributed by atoms with Crippen molar-refractivity contribution in [3.05, 3.63) is 87.8 Å². The number of ketones is 1. The highest BCUT2D eigenvalue weighted by Gasteiger charge is 2.49.